The quantitative estimate of drug-likeness (QED) is 0.349. The van der Waals surface area contributed by atoms with Crippen molar-refractivity contribution in [2.24, 2.45) is 0 Å². The van der Waals surface area contributed by atoms with Crippen LogP contribution in [0.2, 0.25) is 0 Å². The summed E-state index contributed by atoms with van der Waals surface area (Å²) in [6.45, 7) is 7.71. The van der Waals surface area contributed by atoms with Gasteiger partial charge in [-0.2, -0.15) is 0 Å². The number of fused-ring (bicyclic) bond motifs is 1. The van der Waals surface area contributed by atoms with Crippen LogP contribution in [-0.4, -0.2) is 51.1 Å². The average Bonchev–Trinajstić information content (AvgIpc) is 3.37. The number of sulfonamides is 1. The van der Waals surface area contributed by atoms with Crippen molar-refractivity contribution in [2.75, 3.05) is 14.1 Å². The third-order valence-electron chi connectivity index (χ3n) is 5.53. The maximum atomic E-state index is 12.5. The summed E-state index contributed by atoms with van der Waals surface area (Å²) < 4.78 is 30.5. The predicted octanol–water partition coefficient (Wildman–Crippen LogP) is 4.19. The van der Waals surface area contributed by atoms with E-state index < -0.39 is 10.0 Å². The van der Waals surface area contributed by atoms with E-state index in [0.29, 0.717) is 11.3 Å². The molecule has 0 atom stereocenters. The summed E-state index contributed by atoms with van der Waals surface area (Å²) in [5, 5.41) is 9.71. The number of rotatable bonds is 8. The molecule has 0 aliphatic carbocycles. The molecule has 2 aromatic heterocycles. The minimum absolute atomic E-state index is 0.244. The fourth-order valence-corrected chi connectivity index (χ4v) is 5.67. The van der Waals surface area contributed by atoms with Crippen molar-refractivity contribution in [2.45, 2.75) is 49.7 Å². The van der Waals surface area contributed by atoms with Crippen LogP contribution in [0.3, 0.4) is 0 Å². The van der Waals surface area contributed by atoms with Gasteiger partial charge in [-0.15, -0.1) is 10.2 Å². The molecule has 0 radical (unpaired) electrons. The zero-order valence-corrected chi connectivity index (χ0v) is 21.1. The average molecular weight is 485 g/mol. The second-order valence-corrected chi connectivity index (χ2v) is 11.0. The van der Waals surface area contributed by atoms with Gasteiger partial charge < -0.3 is 9.13 Å². The van der Waals surface area contributed by atoms with E-state index in [-0.39, 0.29) is 4.90 Å². The van der Waals surface area contributed by atoms with Gasteiger partial charge in [-0.05, 0) is 45.0 Å². The van der Waals surface area contributed by atoms with Gasteiger partial charge in [0.1, 0.15) is 5.82 Å². The molecule has 8 nitrogen and oxygen atoms in total. The zero-order chi connectivity index (χ0) is 23.8. The van der Waals surface area contributed by atoms with E-state index in [9.17, 15) is 8.42 Å². The maximum Gasteiger partial charge on any atom is 0.242 e. The van der Waals surface area contributed by atoms with E-state index in [1.807, 2.05) is 18.2 Å². The fraction of sp³-hybridized carbons (Fsp3) is 0.348. The number of aromatic nitrogens is 5. The van der Waals surface area contributed by atoms with Crippen molar-refractivity contribution < 1.29 is 8.42 Å². The number of imidazole rings is 1. The first-order valence-electron chi connectivity index (χ1n) is 10.8. The van der Waals surface area contributed by atoms with Gasteiger partial charge in [0.05, 0.1) is 21.7 Å². The first-order chi connectivity index (χ1) is 15.8. The first-order valence-corrected chi connectivity index (χ1v) is 13.2. The Morgan fingerprint density at radius 3 is 2.42 bits per heavy atom. The van der Waals surface area contributed by atoms with E-state index in [0.717, 1.165) is 41.0 Å². The molecule has 2 heterocycles. The molecular weight excluding hydrogens is 456 g/mol. The van der Waals surface area contributed by atoms with Gasteiger partial charge in [-0.3, -0.25) is 0 Å². The van der Waals surface area contributed by atoms with E-state index >= 15 is 0 Å². The van der Waals surface area contributed by atoms with E-state index in [2.05, 4.69) is 52.2 Å². The molecule has 33 heavy (non-hydrogen) atoms. The van der Waals surface area contributed by atoms with Gasteiger partial charge in [-0.1, -0.05) is 35.5 Å². The van der Waals surface area contributed by atoms with Crippen molar-refractivity contribution in [3.05, 3.63) is 53.9 Å². The molecule has 0 unspecified atom stereocenters. The number of aryl methyl sites for hydroxylation is 2. The molecule has 0 spiro atoms. The summed E-state index contributed by atoms with van der Waals surface area (Å²) >= 11 is 1.58. The third-order valence-corrected chi connectivity index (χ3v) is 8.31. The zero-order valence-electron chi connectivity index (χ0n) is 19.5. The van der Waals surface area contributed by atoms with Crippen molar-refractivity contribution in [1.29, 1.82) is 0 Å². The molecule has 0 N–H and O–H groups in total. The van der Waals surface area contributed by atoms with Crippen LogP contribution >= 0.6 is 11.8 Å². The Bertz CT molecular complexity index is 1410. The lowest BCUT2D eigenvalue weighted by Crippen LogP contribution is -2.22. The van der Waals surface area contributed by atoms with Crippen LogP contribution in [0.1, 0.15) is 25.2 Å². The van der Waals surface area contributed by atoms with Gasteiger partial charge in [-0.25, -0.2) is 17.7 Å². The van der Waals surface area contributed by atoms with Crippen LogP contribution < -0.4 is 0 Å². The largest absolute Gasteiger partial charge is 0.328 e. The predicted molar refractivity (Wildman–Crippen MR) is 132 cm³/mol. The smallest absolute Gasteiger partial charge is 0.242 e. The molecule has 0 aliphatic rings. The van der Waals surface area contributed by atoms with Crippen LogP contribution in [0, 0.1) is 6.92 Å². The second-order valence-electron chi connectivity index (χ2n) is 7.92. The minimum atomic E-state index is -3.51. The lowest BCUT2D eigenvalue weighted by atomic mass is 10.1. The van der Waals surface area contributed by atoms with Gasteiger partial charge in [0.2, 0.25) is 10.0 Å². The van der Waals surface area contributed by atoms with Crippen LogP contribution in [0.15, 0.2) is 52.5 Å². The normalized spacial score (nSPS) is 12.2. The fourth-order valence-electron chi connectivity index (χ4n) is 3.80. The number of benzene rings is 2. The molecule has 0 amide bonds. The maximum absolute atomic E-state index is 12.5. The standard InChI is InChI=1S/C23H28N6O2S2/c1-6-28-20-12-11-18(33(30,31)27(4)5)14-19(20)24-21(28)15-32-23-26-25-22(29(23)7-2)17-10-8-9-16(3)13-17/h8-14H,6-7,15H2,1-5H3. The minimum Gasteiger partial charge on any atom is -0.328 e. The summed E-state index contributed by atoms with van der Waals surface area (Å²) in [5.41, 5.74) is 3.82. The summed E-state index contributed by atoms with van der Waals surface area (Å²) in [5.74, 6) is 2.33. The lowest BCUT2D eigenvalue weighted by Gasteiger charge is -2.11. The molecule has 2 aromatic carbocycles. The Balaban J connectivity index is 1.65. The van der Waals surface area contributed by atoms with Gasteiger partial charge in [0.25, 0.3) is 0 Å². The SMILES string of the molecule is CCn1c(SCc2nc3cc(S(=O)(=O)N(C)C)ccc3n2CC)nnc1-c1cccc(C)c1. The van der Waals surface area contributed by atoms with Crippen molar-refractivity contribution in [1.82, 2.24) is 28.6 Å². The van der Waals surface area contributed by atoms with Crippen molar-refractivity contribution in [3.8, 4) is 11.4 Å². The molecule has 4 aromatic rings. The Morgan fingerprint density at radius 2 is 1.76 bits per heavy atom. The number of hydrogen-bond donors (Lipinski definition) is 0. The van der Waals surface area contributed by atoms with Crippen molar-refractivity contribution in [3.63, 3.8) is 0 Å². The summed E-state index contributed by atoms with van der Waals surface area (Å²) in [6, 6.07) is 13.4. The molecule has 0 bridgehead atoms. The highest BCUT2D eigenvalue weighted by Crippen LogP contribution is 2.29. The third kappa shape index (κ3) is 4.42. The Kier molecular flexibility index (Phi) is 6.60. The van der Waals surface area contributed by atoms with E-state index in [4.69, 9.17) is 4.98 Å². The van der Waals surface area contributed by atoms with Crippen molar-refractivity contribution >= 4 is 32.8 Å². The van der Waals surface area contributed by atoms with E-state index in [1.54, 1.807) is 23.9 Å². The molecule has 174 valence electrons. The van der Waals surface area contributed by atoms with Gasteiger partial charge >= 0.3 is 0 Å². The number of hydrogen-bond acceptors (Lipinski definition) is 6. The van der Waals surface area contributed by atoms with Gasteiger partial charge in [0.15, 0.2) is 11.0 Å². The highest BCUT2D eigenvalue weighted by atomic mass is 32.2. The molecule has 10 heteroatoms. The molecule has 4 rings (SSSR count). The highest BCUT2D eigenvalue weighted by molar-refractivity contribution is 7.98. The number of thioether (sulfide) groups is 1. The Morgan fingerprint density at radius 1 is 1.00 bits per heavy atom. The van der Waals surface area contributed by atoms with Crippen LogP contribution in [0.4, 0.5) is 0 Å². The Labute approximate surface area is 198 Å². The topological polar surface area (TPSA) is 85.9 Å². The first kappa shape index (κ1) is 23.5. The van der Waals surface area contributed by atoms with Crippen LogP contribution in [0.5, 0.6) is 0 Å². The molecule has 0 fully saturated rings. The lowest BCUT2D eigenvalue weighted by molar-refractivity contribution is 0.521. The second kappa shape index (κ2) is 9.28. The highest BCUT2D eigenvalue weighted by Gasteiger charge is 2.20. The summed E-state index contributed by atoms with van der Waals surface area (Å²) in [4.78, 5) is 5.01. The van der Waals surface area contributed by atoms with Crippen LogP contribution in [-0.2, 0) is 28.9 Å². The van der Waals surface area contributed by atoms with E-state index in [1.165, 1.54) is 24.0 Å². The Hall–Kier alpha value is -2.69. The van der Waals surface area contributed by atoms with Gasteiger partial charge in [0, 0.05) is 32.7 Å². The molecule has 0 saturated carbocycles. The van der Waals surface area contributed by atoms with Crippen LogP contribution in [0.25, 0.3) is 22.4 Å². The number of nitrogens with zero attached hydrogens (tertiary/aromatic N) is 6. The summed E-state index contributed by atoms with van der Waals surface area (Å²) in [7, 11) is -0.455. The molecular formula is C23H28N6O2S2. The summed E-state index contributed by atoms with van der Waals surface area (Å²) in [6.07, 6.45) is 0. The molecule has 0 saturated heterocycles. The monoisotopic (exact) mass is 484 g/mol. The molecule has 0 aliphatic heterocycles.